The summed E-state index contributed by atoms with van der Waals surface area (Å²) in [4.78, 5) is 19.5. The predicted molar refractivity (Wildman–Crippen MR) is 79.5 cm³/mol. The minimum Gasteiger partial charge on any atom is -0.422 e. The Morgan fingerprint density at radius 1 is 1.24 bits per heavy atom. The van der Waals surface area contributed by atoms with Crippen molar-refractivity contribution in [1.82, 2.24) is 14.7 Å². The van der Waals surface area contributed by atoms with Gasteiger partial charge in [0.1, 0.15) is 5.82 Å². The summed E-state index contributed by atoms with van der Waals surface area (Å²) in [5.74, 6) is 0.411. The second-order valence-corrected chi connectivity index (χ2v) is 4.77. The van der Waals surface area contributed by atoms with Crippen LogP contribution >= 0.6 is 0 Å². The molecule has 2 N–H and O–H groups in total. The molecule has 106 valence electrons. The number of nitrogens with one attached hydrogen (secondary N) is 1. The summed E-state index contributed by atoms with van der Waals surface area (Å²) in [5, 5.41) is 13.4. The Bertz CT molecular complexity index is 840. The lowest BCUT2D eigenvalue weighted by molar-refractivity contribution is 0.182. The maximum Gasteiger partial charge on any atom is 0.384 e. The molecule has 6 nitrogen and oxygen atoms in total. The van der Waals surface area contributed by atoms with E-state index in [0.29, 0.717) is 22.5 Å². The molecule has 0 aliphatic carbocycles. The van der Waals surface area contributed by atoms with E-state index in [1.807, 2.05) is 31.2 Å². The lowest BCUT2D eigenvalue weighted by Crippen LogP contribution is -2.23. The van der Waals surface area contributed by atoms with E-state index in [1.165, 1.54) is 11.8 Å². The number of hydrogen-bond acceptors (Lipinski definition) is 5. The van der Waals surface area contributed by atoms with Crippen molar-refractivity contribution < 1.29 is 5.21 Å². The topological polar surface area (TPSA) is 80.0 Å². The summed E-state index contributed by atoms with van der Waals surface area (Å²) in [7, 11) is 0. The van der Waals surface area contributed by atoms with E-state index in [9.17, 15) is 10.0 Å². The van der Waals surface area contributed by atoms with Crippen molar-refractivity contribution in [3.05, 3.63) is 64.2 Å². The minimum atomic E-state index is -0.757. The molecule has 0 saturated carbocycles. The molecule has 0 bridgehead atoms. The molecular formula is C15H14N4O2. The van der Waals surface area contributed by atoms with Gasteiger partial charge in [0.25, 0.3) is 0 Å². The number of aryl methyl sites for hydroxylation is 1. The van der Waals surface area contributed by atoms with E-state index in [0.717, 1.165) is 5.56 Å². The molecule has 1 aromatic carbocycles. The summed E-state index contributed by atoms with van der Waals surface area (Å²) in [5.41, 5.74) is 1.69. The van der Waals surface area contributed by atoms with Gasteiger partial charge in [0.2, 0.25) is 0 Å². The fraction of sp³-hybridized carbons (Fsp3) is 0.133. The number of benzene rings is 1. The number of rotatable bonds is 3. The summed E-state index contributed by atoms with van der Waals surface area (Å²) in [6, 6.07) is 11.5. The highest BCUT2D eigenvalue weighted by Gasteiger charge is 2.10. The van der Waals surface area contributed by atoms with Gasteiger partial charge in [-0.1, -0.05) is 29.8 Å². The zero-order valence-electron chi connectivity index (χ0n) is 11.4. The predicted octanol–water partition coefficient (Wildman–Crippen LogP) is 1.95. The van der Waals surface area contributed by atoms with Crippen LogP contribution in [0, 0.1) is 6.92 Å². The molecule has 3 rings (SSSR count). The third-order valence-electron chi connectivity index (χ3n) is 3.21. The Morgan fingerprint density at radius 3 is 2.76 bits per heavy atom. The molecule has 0 fully saturated rings. The van der Waals surface area contributed by atoms with E-state index in [2.05, 4.69) is 15.3 Å². The smallest absolute Gasteiger partial charge is 0.384 e. The van der Waals surface area contributed by atoms with Crippen LogP contribution in [0.25, 0.3) is 11.0 Å². The quantitative estimate of drug-likeness (QED) is 0.718. The van der Waals surface area contributed by atoms with Crippen LogP contribution in [0.1, 0.15) is 11.1 Å². The zero-order chi connectivity index (χ0) is 14.8. The maximum absolute atomic E-state index is 11.6. The van der Waals surface area contributed by atoms with Crippen LogP contribution in [0.5, 0.6) is 0 Å². The first-order chi connectivity index (χ1) is 10.1. The normalized spacial score (nSPS) is 10.7. The number of pyridine rings is 1. The van der Waals surface area contributed by atoms with Gasteiger partial charge in [0.05, 0.1) is 5.39 Å². The van der Waals surface area contributed by atoms with Gasteiger partial charge in [-0.15, -0.1) is 4.73 Å². The van der Waals surface area contributed by atoms with Crippen LogP contribution in [0.4, 0.5) is 5.82 Å². The van der Waals surface area contributed by atoms with Crippen LogP contribution in [0.15, 0.2) is 47.4 Å². The summed E-state index contributed by atoms with van der Waals surface area (Å²) in [6.07, 6.45) is 1.51. The summed E-state index contributed by atoms with van der Waals surface area (Å²) >= 11 is 0. The van der Waals surface area contributed by atoms with Crippen LogP contribution < -0.4 is 11.0 Å². The molecule has 0 saturated heterocycles. The molecule has 6 heteroatoms. The van der Waals surface area contributed by atoms with E-state index < -0.39 is 5.69 Å². The van der Waals surface area contributed by atoms with Gasteiger partial charge < -0.3 is 10.5 Å². The monoisotopic (exact) mass is 282 g/mol. The third kappa shape index (κ3) is 2.55. The lowest BCUT2D eigenvalue weighted by atomic mass is 10.1. The molecule has 0 spiro atoms. The van der Waals surface area contributed by atoms with Crippen molar-refractivity contribution in [3.8, 4) is 0 Å². The fourth-order valence-corrected chi connectivity index (χ4v) is 2.07. The van der Waals surface area contributed by atoms with Crippen molar-refractivity contribution in [2.75, 3.05) is 5.32 Å². The average molecular weight is 282 g/mol. The molecule has 21 heavy (non-hydrogen) atoms. The van der Waals surface area contributed by atoms with Gasteiger partial charge >= 0.3 is 5.69 Å². The first-order valence-corrected chi connectivity index (χ1v) is 6.51. The highest BCUT2D eigenvalue weighted by Crippen LogP contribution is 2.17. The van der Waals surface area contributed by atoms with Crippen molar-refractivity contribution in [1.29, 1.82) is 0 Å². The fourth-order valence-electron chi connectivity index (χ4n) is 2.07. The van der Waals surface area contributed by atoms with Gasteiger partial charge in [-0.25, -0.2) is 9.78 Å². The summed E-state index contributed by atoms with van der Waals surface area (Å²) in [6.45, 7) is 2.56. The van der Waals surface area contributed by atoms with E-state index in [1.54, 1.807) is 12.1 Å². The Labute approximate surface area is 120 Å². The standard InChI is InChI=1S/C15H14N4O2/c1-10-4-6-11(7-5-10)9-17-13-12-3-2-8-16-14(12)19(21)15(20)18-13/h2-8,21H,9H2,1H3,(H,17,18,20). The Hall–Kier alpha value is -2.89. The van der Waals surface area contributed by atoms with Gasteiger partial charge in [-0.3, -0.25) is 0 Å². The SMILES string of the molecule is Cc1ccc(CNc2nc(=O)n(O)c3ncccc23)cc1. The van der Waals surface area contributed by atoms with Crippen molar-refractivity contribution >= 4 is 16.9 Å². The van der Waals surface area contributed by atoms with Crippen LogP contribution in [0.2, 0.25) is 0 Å². The van der Waals surface area contributed by atoms with Gasteiger partial charge in [-0.05, 0) is 24.6 Å². The Balaban J connectivity index is 1.95. The van der Waals surface area contributed by atoms with Crippen LogP contribution in [0.3, 0.4) is 0 Å². The van der Waals surface area contributed by atoms with E-state index in [-0.39, 0.29) is 5.65 Å². The van der Waals surface area contributed by atoms with Crippen molar-refractivity contribution in [2.24, 2.45) is 0 Å². The first-order valence-electron chi connectivity index (χ1n) is 6.51. The van der Waals surface area contributed by atoms with Gasteiger partial charge in [-0.2, -0.15) is 4.98 Å². The van der Waals surface area contributed by atoms with Gasteiger partial charge in [0, 0.05) is 12.7 Å². The third-order valence-corrected chi connectivity index (χ3v) is 3.21. The molecular weight excluding hydrogens is 268 g/mol. The second-order valence-electron chi connectivity index (χ2n) is 4.77. The highest BCUT2D eigenvalue weighted by atomic mass is 16.5. The molecule has 0 unspecified atom stereocenters. The number of hydrogen-bond donors (Lipinski definition) is 2. The zero-order valence-corrected chi connectivity index (χ0v) is 11.4. The molecule has 0 aliphatic rings. The largest absolute Gasteiger partial charge is 0.422 e. The lowest BCUT2D eigenvalue weighted by Gasteiger charge is -2.09. The molecule has 0 atom stereocenters. The second kappa shape index (κ2) is 5.24. The van der Waals surface area contributed by atoms with Crippen molar-refractivity contribution in [3.63, 3.8) is 0 Å². The summed E-state index contributed by atoms with van der Waals surface area (Å²) < 4.78 is 0.451. The molecule has 0 amide bonds. The minimum absolute atomic E-state index is 0.184. The molecule has 2 aromatic heterocycles. The van der Waals surface area contributed by atoms with E-state index in [4.69, 9.17) is 0 Å². The molecule has 0 radical (unpaired) electrons. The number of nitrogens with zero attached hydrogens (tertiary/aromatic N) is 3. The molecule has 3 aromatic rings. The average Bonchev–Trinajstić information content (AvgIpc) is 2.51. The van der Waals surface area contributed by atoms with Crippen LogP contribution in [-0.2, 0) is 6.54 Å². The highest BCUT2D eigenvalue weighted by molar-refractivity contribution is 5.86. The maximum atomic E-state index is 11.6. The number of aromatic nitrogens is 3. The van der Waals surface area contributed by atoms with Gasteiger partial charge in [0.15, 0.2) is 5.65 Å². The number of anilines is 1. The van der Waals surface area contributed by atoms with Crippen LogP contribution in [-0.4, -0.2) is 19.9 Å². The number of fused-ring (bicyclic) bond motifs is 1. The van der Waals surface area contributed by atoms with E-state index >= 15 is 0 Å². The Kier molecular flexibility index (Phi) is 3.27. The van der Waals surface area contributed by atoms with Crippen molar-refractivity contribution in [2.45, 2.75) is 13.5 Å². The molecule has 2 heterocycles. The first kappa shape index (κ1) is 13.1. The Morgan fingerprint density at radius 2 is 2.00 bits per heavy atom. The molecule has 0 aliphatic heterocycles.